The molecule has 4 rings (SSSR count). The minimum atomic E-state index is -0.799. The Morgan fingerprint density at radius 2 is 1.61 bits per heavy atom. The second-order valence-corrected chi connectivity index (χ2v) is 7.34. The fourth-order valence-corrected chi connectivity index (χ4v) is 3.49. The molecule has 0 radical (unpaired) electrons. The summed E-state index contributed by atoms with van der Waals surface area (Å²) in [5, 5.41) is 5.55. The van der Waals surface area contributed by atoms with Gasteiger partial charge in [-0.3, -0.25) is 19.0 Å². The smallest absolute Gasteiger partial charge is 0.252 e. The van der Waals surface area contributed by atoms with Crippen LogP contribution in [0.4, 0.5) is 14.5 Å². The predicted molar refractivity (Wildman–Crippen MR) is 121 cm³/mol. The Hall–Kier alpha value is -4.33. The van der Waals surface area contributed by atoms with Crippen molar-refractivity contribution in [2.45, 2.75) is 13.1 Å². The van der Waals surface area contributed by atoms with E-state index >= 15 is 0 Å². The zero-order valence-corrected chi connectivity index (χ0v) is 17.3. The molecule has 0 atom stereocenters. The van der Waals surface area contributed by atoms with Crippen molar-refractivity contribution in [3.8, 4) is 0 Å². The van der Waals surface area contributed by atoms with Crippen molar-refractivity contribution in [1.82, 2.24) is 9.88 Å². The molecule has 0 saturated heterocycles. The molecule has 6 nitrogen and oxygen atoms in total. The molecule has 166 valence electrons. The number of carbonyl (C=O) groups excluding carboxylic acids is 2. The number of fused-ring (bicyclic) bond motifs is 1. The van der Waals surface area contributed by atoms with Gasteiger partial charge in [0.05, 0.1) is 16.8 Å². The lowest BCUT2D eigenvalue weighted by molar-refractivity contribution is -0.116. The van der Waals surface area contributed by atoms with Crippen LogP contribution in [0.5, 0.6) is 0 Å². The van der Waals surface area contributed by atoms with Crippen molar-refractivity contribution in [3.05, 3.63) is 112 Å². The Morgan fingerprint density at radius 3 is 2.39 bits per heavy atom. The zero-order valence-electron chi connectivity index (χ0n) is 17.3. The highest BCUT2D eigenvalue weighted by Crippen LogP contribution is 2.18. The molecular formula is C25H19F2N3O3. The molecule has 1 heterocycles. The van der Waals surface area contributed by atoms with Crippen molar-refractivity contribution in [1.29, 1.82) is 0 Å². The van der Waals surface area contributed by atoms with E-state index in [9.17, 15) is 23.2 Å². The maximum absolute atomic E-state index is 13.8. The monoisotopic (exact) mass is 447 g/mol. The average molecular weight is 447 g/mol. The van der Waals surface area contributed by atoms with Crippen LogP contribution in [-0.2, 0) is 17.9 Å². The second-order valence-electron chi connectivity index (χ2n) is 7.34. The molecule has 0 fully saturated rings. The van der Waals surface area contributed by atoms with Gasteiger partial charge in [0.15, 0.2) is 0 Å². The van der Waals surface area contributed by atoms with E-state index in [0.717, 1.165) is 23.8 Å². The van der Waals surface area contributed by atoms with Gasteiger partial charge in [-0.2, -0.15) is 0 Å². The van der Waals surface area contributed by atoms with Gasteiger partial charge >= 0.3 is 0 Å². The molecule has 33 heavy (non-hydrogen) atoms. The molecule has 0 spiro atoms. The third-order valence-corrected chi connectivity index (χ3v) is 5.06. The van der Waals surface area contributed by atoms with Gasteiger partial charge in [-0.05, 0) is 23.8 Å². The highest BCUT2D eigenvalue weighted by Gasteiger charge is 2.17. The molecule has 0 unspecified atom stereocenters. The molecule has 4 aromatic rings. The number of nitrogens with zero attached hydrogens (tertiary/aromatic N) is 1. The van der Waals surface area contributed by atoms with Gasteiger partial charge in [-0.25, -0.2) is 8.78 Å². The number of amides is 2. The van der Waals surface area contributed by atoms with E-state index in [1.807, 2.05) is 30.3 Å². The summed E-state index contributed by atoms with van der Waals surface area (Å²) in [6.45, 7) is -0.153. The Morgan fingerprint density at radius 1 is 0.879 bits per heavy atom. The molecule has 0 saturated carbocycles. The van der Waals surface area contributed by atoms with Gasteiger partial charge in [-0.15, -0.1) is 0 Å². The van der Waals surface area contributed by atoms with Crippen LogP contribution in [0.15, 0.2) is 83.7 Å². The van der Waals surface area contributed by atoms with E-state index < -0.39 is 35.6 Å². The summed E-state index contributed by atoms with van der Waals surface area (Å²) in [6, 6.07) is 19.9. The topological polar surface area (TPSA) is 80.2 Å². The maximum atomic E-state index is 13.8. The van der Waals surface area contributed by atoms with Gasteiger partial charge in [0.1, 0.15) is 18.2 Å². The number of nitrogens with one attached hydrogen (secondary N) is 2. The second kappa shape index (κ2) is 9.44. The summed E-state index contributed by atoms with van der Waals surface area (Å²) < 4.78 is 28.4. The predicted octanol–water partition coefficient (Wildman–Crippen LogP) is 3.85. The summed E-state index contributed by atoms with van der Waals surface area (Å²) in [6.07, 6.45) is 0. The quantitative estimate of drug-likeness (QED) is 0.471. The van der Waals surface area contributed by atoms with Crippen LogP contribution in [-0.4, -0.2) is 16.4 Å². The number of hydrogen-bond acceptors (Lipinski definition) is 3. The van der Waals surface area contributed by atoms with Crippen molar-refractivity contribution in [3.63, 3.8) is 0 Å². The standard InChI is InChI=1S/C25H19F2N3O3/c26-17-10-11-20(27)21(12-17)29-23(31)15-30-22-9-5-4-8-18(22)19(13-24(30)32)25(33)28-14-16-6-2-1-3-7-16/h1-13H,14-15H2,(H,28,33)(H,29,31). The average Bonchev–Trinajstić information content (AvgIpc) is 2.82. The number of aromatic nitrogens is 1. The third-order valence-electron chi connectivity index (χ3n) is 5.06. The van der Waals surface area contributed by atoms with E-state index in [4.69, 9.17) is 0 Å². The number of benzene rings is 3. The van der Waals surface area contributed by atoms with Crippen LogP contribution in [0.25, 0.3) is 10.9 Å². The molecule has 1 aromatic heterocycles. The number of halogens is 2. The fourth-order valence-electron chi connectivity index (χ4n) is 3.49. The normalized spacial score (nSPS) is 10.7. The van der Waals surface area contributed by atoms with E-state index in [1.54, 1.807) is 24.3 Å². The lowest BCUT2D eigenvalue weighted by atomic mass is 10.1. The summed E-state index contributed by atoms with van der Waals surface area (Å²) in [4.78, 5) is 38.1. The number of para-hydroxylation sites is 1. The van der Waals surface area contributed by atoms with Gasteiger partial charge in [0, 0.05) is 24.1 Å². The Kier molecular flexibility index (Phi) is 6.26. The molecular weight excluding hydrogens is 428 g/mol. The maximum Gasteiger partial charge on any atom is 0.252 e. The molecule has 0 aliphatic heterocycles. The number of carbonyl (C=O) groups is 2. The summed E-state index contributed by atoms with van der Waals surface area (Å²) >= 11 is 0. The molecule has 2 amide bonds. The van der Waals surface area contributed by atoms with Crippen LogP contribution in [0.3, 0.4) is 0 Å². The Bertz CT molecular complexity index is 1400. The largest absolute Gasteiger partial charge is 0.348 e. The lowest BCUT2D eigenvalue weighted by Gasteiger charge is -2.14. The van der Waals surface area contributed by atoms with Crippen LogP contribution >= 0.6 is 0 Å². The van der Waals surface area contributed by atoms with E-state index in [-0.39, 0.29) is 11.3 Å². The minimum Gasteiger partial charge on any atom is -0.348 e. The van der Waals surface area contributed by atoms with Gasteiger partial charge in [0.2, 0.25) is 5.91 Å². The van der Waals surface area contributed by atoms with Gasteiger partial charge in [0.25, 0.3) is 11.5 Å². The van der Waals surface area contributed by atoms with Crippen molar-refractivity contribution >= 4 is 28.4 Å². The Labute approximate surface area is 187 Å². The van der Waals surface area contributed by atoms with E-state index in [0.29, 0.717) is 17.4 Å². The molecule has 0 bridgehead atoms. The first-order chi connectivity index (χ1) is 15.9. The lowest BCUT2D eigenvalue weighted by Crippen LogP contribution is -2.30. The molecule has 0 aliphatic rings. The van der Waals surface area contributed by atoms with Gasteiger partial charge in [-0.1, -0.05) is 48.5 Å². The van der Waals surface area contributed by atoms with Crippen molar-refractivity contribution < 1.29 is 18.4 Å². The molecule has 8 heteroatoms. The van der Waals surface area contributed by atoms with Crippen LogP contribution in [0.1, 0.15) is 15.9 Å². The first kappa shape index (κ1) is 21.9. The highest BCUT2D eigenvalue weighted by molar-refractivity contribution is 6.06. The first-order valence-electron chi connectivity index (χ1n) is 10.1. The summed E-state index contributed by atoms with van der Waals surface area (Å²) in [7, 11) is 0. The van der Waals surface area contributed by atoms with Crippen LogP contribution in [0, 0.1) is 11.6 Å². The number of pyridine rings is 1. The summed E-state index contributed by atoms with van der Waals surface area (Å²) in [5.74, 6) is -2.65. The molecule has 3 aromatic carbocycles. The Balaban J connectivity index is 1.60. The zero-order chi connectivity index (χ0) is 23.4. The van der Waals surface area contributed by atoms with Crippen molar-refractivity contribution in [2.24, 2.45) is 0 Å². The molecule has 0 aliphatic carbocycles. The number of rotatable bonds is 6. The number of hydrogen-bond donors (Lipinski definition) is 2. The fraction of sp³-hybridized carbons (Fsp3) is 0.0800. The minimum absolute atomic E-state index is 0.180. The van der Waals surface area contributed by atoms with Crippen LogP contribution in [0.2, 0.25) is 0 Å². The first-order valence-corrected chi connectivity index (χ1v) is 10.1. The van der Waals surface area contributed by atoms with E-state index in [2.05, 4.69) is 10.6 Å². The highest BCUT2D eigenvalue weighted by atomic mass is 19.1. The van der Waals surface area contributed by atoms with Gasteiger partial charge < -0.3 is 10.6 Å². The molecule has 2 N–H and O–H groups in total. The third kappa shape index (κ3) is 4.95. The van der Waals surface area contributed by atoms with E-state index in [1.165, 1.54) is 10.6 Å². The summed E-state index contributed by atoms with van der Waals surface area (Å²) in [5.41, 5.74) is 0.552. The van der Waals surface area contributed by atoms with Crippen molar-refractivity contribution in [2.75, 3.05) is 5.32 Å². The SMILES string of the molecule is O=C(Cn1c(=O)cc(C(=O)NCc2ccccc2)c2ccccc21)Nc1cc(F)ccc1F. The van der Waals surface area contributed by atoms with Crippen LogP contribution < -0.4 is 16.2 Å². The number of anilines is 1.